The molecule has 0 fully saturated rings. The Balaban J connectivity index is 2.34. The first kappa shape index (κ1) is 11.3. The molecule has 88 valence electrons. The van der Waals surface area contributed by atoms with Crippen LogP contribution in [0.25, 0.3) is 0 Å². The van der Waals surface area contributed by atoms with Crippen LogP contribution < -0.4 is 0 Å². The van der Waals surface area contributed by atoms with E-state index in [4.69, 9.17) is 0 Å². The van der Waals surface area contributed by atoms with Crippen molar-refractivity contribution in [3.05, 3.63) is 52.0 Å². The van der Waals surface area contributed by atoms with Gasteiger partial charge in [-0.1, -0.05) is 0 Å². The highest BCUT2D eigenvalue weighted by molar-refractivity contribution is 5.26. The van der Waals surface area contributed by atoms with Gasteiger partial charge in [0, 0.05) is 12.4 Å². The first-order chi connectivity index (χ1) is 8.09. The van der Waals surface area contributed by atoms with Crippen molar-refractivity contribution < 1.29 is 4.92 Å². The lowest BCUT2D eigenvalue weighted by molar-refractivity contribution is -0.389. The van der Waals surface area contributed by atoms with Crippen molar-refractivity contribution in [2.75, 3.05) is 0 Å². The molecule has 0 bridgehead atoms. The summed E-state index contributed by atoms with van der Waals surface area (Å²) in [5.74, 6) is -0.136. The van der Waals surface area contributed by atoms with Crippen LogP contribution in [0.2, 0.25) is 0 Å². The van der Waals surface area contributed by atoms with Crippen LogP contribution in [-0.4, -0.2) is 19.7 Å². The van der Waals surface area contributed by atoms with Crippen LogP contribution in [0.3, 0.4) is 0 Å². The fourth-order valence-electron chi connectivity index (χ4n) is 1.74. The summed E-state index contributed by atoms with van der Waals surface area (Å²) in [6, 6.07) is 3.24. The minimum Gasteiger partial charge on any atom is -0.358 e. The summed E-state index contributed by atoms with van der Waals surface area (Å²) in [7, 11) is 0. The molecule has 0 saturated carbocycles. The Bertz CT molecular complexity index is 550. The Morgan fingerprint density at radius 3 is 2.82 bits per heavy atom. The summed E-state index contributed by atoms with van der Waals surface area (Å²) in [5, 5.41) is 14.5. The lowest BCUT2D eigenvalue weighted by atomic mass is 10.1. The van der Waals surface area contributed by atoms with E-state index in [9.17, 15) is 10.1 Å². The van der Waals surface area contributed by atoms with E-state index in [1.807, 2.05) is 19.9 Å². The number of nitro groups is 1. The summed E-state index contributed by atoms with van der Waals surface area (Å²) in [4.78, 5) is 14.1. The van der Waals surface area contributed by atoms with Crippen molar-refractivity contribution in [1.82, 2.24) is 14.8 Å². The van der Waals surface area contributed by atoms with E-state index >= 15 is 0 Å². The third-order valence-corrected chi connectivity index (χ3v) is 2.69. The molecular formula is C11H12N4O2. The highest BCUT2D eigenvalue weighted by atomic mass is 16.6. The van der Waals surface area contributed by atoms with E-state index in [2.05, 4.69) is 10.1 Å². The molecule has 0 aliphatic rings. The smallest absolute Gasteiger partial charge is 0.358 e. The third kappa shape index (κ3) is 2.15. The Morgan fingerprint density at radius 2 is 2.24 bits per heavy atom. The number of hydrogen-bond donors (Lipinski definition) is 0. The summed E-state index contributed by atoms with van der Waals surface area (Å²) in [6.07, 6.45) is 5.09. The molecule has 2 rings (SSSR count). The normalized spacial score (nSPS) is 12.4. The van der Waals surface area contributed by atoms with Gasteiger partial charge in [-0.3, -0.25) is 4.98 Å². The summed E-state index contributed by atoms with van der Waals surface area (Å²) >= 11 is 0. The van der Waals surface area contributed by atoms with Crippen molar-refractivity contribution in [1.29, 1.82) is 0 Å². The van der Waals surface area contributed by atoms with E-state index < -0.39 is 4.92 Å². The Kier molecular flexibility index (Phi) is 2.86. The molecule has 2 aromatic rings. The zero-order chi connectivity index (χ0) is 12.4. The van der Waals surface area contributed by atoms with Crippen LogP contribution in [0.4, 0.5) is 5.82 Å². The molecule has 0 radical (unpaired) electrons. The number of nitrogens with zero attached hydrogens (tertiary/aromatic N) is 4. The standard InChI is InChI=1S/C11H12N4O2/c1-8-7-12-5-3-10(8)9(2)14-6-4-11(13-14)15(16)17/h3-7,9H,1-2H3/t9-/m1/s1. The predicted octanol–water partition coefficient (Wildman–Crippen LogP) is 2.10. The van der Waals surface area contributed by atoms with Gasteiger partial charge in [-0.25, -0.2) is 0 Å². The second kappa shape index (κ2) is 4.32. The molecule has 0 amide bonds. The fourth-order valence-corrected chi connectivity index (χ4v) is 1.74. The quantitative estimate of drug-likeness (QED) is 0.600. The Hall–Kier alpha value is -2.24. The van der Waals surface area contributed by atoms with Crippen molar-refractivity contribution in [3.63, 3.8) is 0 Å². The first-order valence-corrected chi connectivity index (χ1v) is 5.19. The van der Waals surface area contributed by atoms with Gasteiger partial charge in [0.05, 0.1) is 23.4 Å². The molecule has 17 heavy (non-hydrogen) atoms. The molecule has 2 heterocycles. The summed E-state index contributed by atoms with van der Waals surface area (Å²) < 4.78 is 1.58. The zero-order valence-electron chi connectivity index (χ0n) is 9.57. The maximum absolute atomic E-state index is 10.6. The zero-order valence-corrected chi connectivity index (χ0v) is 9.57. The van der Waals surface area contributed by atoms with Crippen LogP contribution in [0.5, 0.6) is 0 Å². The lowest BCUT2D eigenvalue weighted by Gasteiger charge is -2.11. The highest BCUT2D eigenvalue weighted by Crippen LogP contribution is 2.21. The minimum atomic E-state index is -0.497. The second-order valence-electron chi connectivity index (χ2n) is 3.82. The number of hydrogen-bond acceptors (Lipinski definition) is 4. The lowest BCUT2D eigenvalue weighted by Crippen LogP contribution is -2.09. The molecule has 0 aromatic carbocycles. The monoisotopic (exact) mass is 232 g/mol. The third-order valence-electron chi connectivity index (χ3n) is 2.69. The SMILES string of the molecule is Cc1cnccc1[C@@H](C)n1ccc([N+](=O)[O-])n1. The maximum atomic E-state index is 10.6. The molecular weight excluding hydrogens is 220 g/mol. The van der Waals surface area contributed by atoms with Gasteiger partial charge >= 0.3 is 5.82 Å². The van der Waals surface area contributed by atoms with Crippen molar-refractivity contribution in [2.24, 2.45) is 0 Å². The van der Waals surface area contributed by atoms with Crippen LogP contribution in [0.1, 0.15) is 24.1 Å². The fraction of sp³-hybridized carbons (Fsp3) is 0.273. The Morgan fingerprint density at radius 1 is 1.47 bits per heavy atom. The molecule has 6 heteroatoms. The first-order valence-electron chi connectivity index (χ1n) is 5.19. The second-order valence-corrected chi connectivity index (χ2v) is 3.82. The van der Waals surface area contributed by atoms with Crippen molar-refractivity contribution in [3.8, 4) is 0 Å². The van der Waals surface area contributed by atoms with E-state index in [0.29, 0.717) is 0 Å². The summed E-state index contributed by atoms with van der Waals surface area (Å²) in [6.45, 7) is 3.90. The van der Waals surface area contributed by atoms with Crippen molar-refractivity contribution in [2.45, 2.75) is 19.9 Å². The Labute approximate surface area is 98.1 Å². The molecule has 0 saturated heterocycles. The minimum absolute atomic E-state index is 0.0494. The van der Waals surface area contributed by atoms with Gasteiger partial charge in [-0.15, -0.1) is 0 Å². The van der Waals surface area contributed by atoms with E-state index in [0.717, 1.165) is 11.1 Å². The van der Waals surface area contributed by atoms with Gasteiger partial charge in [0.25, 0.3) is 0 Å². The summed E-state index contributed by atoms with van der Waals surface area (Å²) in [5.41, 5.74) is 2.09. The van der Waals surface area contributed by atoms with Gasteiger partial charge in [-0.2, -0.15) is 4.68 Å². The predicted molar refractivity (Wildman–Crippen MR) is 61.7 cm³/mol. The average molecular weight is 232 g/mol. The van der Waals surface area contributed by atoms with Crippen molar-refractivity contribution >= 4 is 5.82 Å². The number of pyridine rings is 1. The van der Waals surface area contributed by atoms with Gasteiger partial charge in [0.15, 0.2) is 0 Å². The average Bonchev–Trinajstić information content (AvgIpc) is 2.78. The van der Waals surface area contributed by atoms with Crippen LogP contribution in [0.15, 0.2) is 30.7 Å². The van der Waals surface area contributed by atoms with Gasteiger partial charge < -0.3 is 10.1 Å². The molecule has 2 aromatic heterocycles. The number of aryl methyl sites for hydroxylation is 1. The molecule has 6 nitrogen and oxygen atoms in total. The molecule has 1 atom stereocenters. The van der Waals surface area contributed by atoms with Gasteiger partial charge in [0.1, 0.15) is 0 Å². The van der Waals surface area contributed by atoms with E-state index in [1.54, 1.807) is 23.3 Å². The van der Waals surface area contributed by atoms with Crippen LogP contribution in [-0.2, 0) is 0 Å². The van der Waals surface area contributed by atoms with Gasteiger partial charge in [0.2, 0.25) is 0 Å². The molecule has 0 aliphatic carbocycles. The van der Waals surface area contributed by atoms with Crippen LogP contribution in [0, 0.1) is 17.0 Å². The molecule has 0 unspecified atom stereocenters. The number of aromatic nitrogens is 3. The van der Waals surface area contributed by atoms with E-state index in [1.165, 1.54) is 6.07 Å². The molecule has 0 N–H and O–H groups in total. The molecule has 0 aliphatic heterocycles. The highest BCUT2D eigenvalue weighted by Gasteiger charge is 2.17. The number of rotatable bonds is 3. The topological polar surface area (TPSA) is 73.8 Å². The van der Waals surface area contributed by atoms with Crippen LogP contribution >= 0.6 is 0 Å². The van der Waals surface area contributed by atoms with E-state index in [-0.39, 0.29) is 11.9 Å². The molecule has 0 spiro atoms. The largest absolute Gasteiger partial charge is 0.389 e. The van der Waals surface area contributed by atoms with Gasteiger partial charge in [-0.05, 0) is 36.0 Å². The maximum Gasteiger partial charge on any atom is 0.389 e.